The van der Waals surface area contributed by atoms with Gasteiger partial charge in [0.05, 0.1) is 30.3 Å². The van der Waals surface area contributed by atoms with Gasteiger partial charge in [-0.1, -0.05) is 36.7 Å². The number of ether oxygens (including phenoxy) is 2. The van der Waals surface area contributed by atoms with Gasteiger partial charge in [0, 0.05) is 42.2 Å². The number of nitrogens with zero attached hydrogens (tertiary/aromatic N) is 2. The molecule has 3 aliphatic carbocycles. The van der Waals surface area contributed by atoms with Crippen LogP contribution in [0.4, 0.5) is 10.5 Å². The van der Waals surface area contributed by atoms with Crippen molar-refractivity contribution >= 4 is 39.1 Å². The molecule has 1 spiro atoms. The van der Waals surface area contributed by atoms with E-state index in [4.69, 9.17) is 21.1 Å². The molecule has 5 aliphatic rings. The quantitative estimate of drug-likeness (QED) is 0.322. The lowest BCUT2D eigenvalue weighted by molar-refractivity contribution is 0.0131. The Labute approximate surface area is 300 Å². The Balaban J connectivity index is 1.27. The van der Waals surface area contributed by atoms with Gasteiger partial charge in [-0.3, -0.25) is 9.52 Å². The second kappa shape index (κ2) is 14.5. The number of urea groups is 1. The molecule has 12 heteroatoms. The largest absolute Gasteiger partial charge is 0.490 e. The second-order valence-electron chi connectivity index (χ2n) is 15.2. The maximum absolute atomic E-state index is 14.4. The van der Waals surface area contributed by atoms with Crippen molar-refractivity contribution in [1.82, 2.24) is 10.0 Å². The Bertz CT molecular complexity index is 1780. The average molecular weight is 725 g/mol. The number of aliphatic hydroxyl groups excluding tert-OH is 1. The molecule has 10 nitrogen and oxygen atoms in total. The van der Waals surface area contributed by atoms with Crippen molar-refractivity contribution in [1.29, 1.82) is 0 Å². The van der Waals surface area contributed by atoms with Crippen LogP contribution in [0, 0.1) is 17.8 Å². The molecule has 3 N–H and O–H groups in total. The van der Waals surface area contributed by atoms with E-state index in [1.807, 2.05) is 25.1 Å². The van der Waals surface area contributed by atoms with E-state index in [-0.39, 0.29) is 34.8 Å². The Hall–Kier alpha value is -3.12. The highest BCUT2D eigenvalue weighted by Crippen LogP contribution is 2.47. The lowest BCUT2D eigenvalue weighted by Crippen LogP contribution is -2.49. The number of aryl methyl sites for hydroxylation is 1. The van der Waals surface area contributed by atoms with Crippen molar-refractivity contribution in [3.05, 3.63) is 70.3 Å². The molecule has 8 atom stereocenters. The van der Waals surface area contributed by atoms with Gasteiger partial charge in [-0.05, 0) is 117 Å². The summed E-state index contributed by atoms with van der Waals surface area (Å²) in [6, 6.07) is 10.7. The second-order valence-corrected chi connectivity index (χ2v) is 17.6. The van der Waals surface area contributed by atoms with Crippen molar-refractivity contribution < 1.29 is 28.4 Å². The number of anilines is 1. The Morgan fingerprint density at radius 2 is 2.04 bits per heavy atom. The van der Waals surface area contributed by atoms with Gasteiger partial charge < -0.3 is 24.8 Å². The van der Waals surface area contributed by atoms with Crippen LogP contribution in [0.15, 0.2) is 52.9 Å². The summed E-state index contributed by atoms with van der Waals surface area (Å²) in [6.07, 6.45) is 11.0. The molecule has 2 aromatic rings. The molecule has 2 saturated carbocycles. The fourth-order valence-electron chi connectivity index (χ4n) is 8.82. The highest BCUT2D eigenvalue weighted by atomic mass is 35.5. The minimum atomic E-state index is -3.52. The number of rotatable bonds is 3. The third-order valence-corrected chi connectivity index (χ3v) is 13.7. The van der Waals surface area contributed by atoms with Crippen LogP contribution in [0.25, 0.3) is 0 Å². The first kappa shape index (κ1) is 35.3. The minimum absolute atomic E-state index is 0.000381. The number of halogens is 1. The van der Waals surface area contributed by atoms with E-state index in [1.165, 1.54) is 11.1 Å². The van der Waals surface area contributed by atoms with Crippen molar-refractivity contribution in [2.24, 2.45) is 22.1 Å². The number of amides is 3. The number of hydrogen-bond acceptors (Lipinski definition) is 7. The summed E-state index contributed by atoms with van der Waals surface area (Å²) in [7, 11) is -1.76. The fourth-order valence-corrected chi connectivity index (χ4v) is 10.8. The highest BCUT2D eigenvalue weighted by molar-refractivity contribution is 7.92. The molecule has 0 saturated heterocycles. The number of carbonyl (C=O) groups is 2. The number of aliphatic hydroxyl groups is 1. The van der Waals surface area contributed by atoms with Crippen LogP contribution in [-0.4, -0.2) is 72.1 Å². The first-order valence-electron chi connectivity index (χ1n) is 18.1. The van der Waals surface area contributed by atoms with Crippen molar-refractivity contribution in [3.8, 4) is 5.75 Å². The topological polar surface area (TPSA) is 130 Å². The van der Waals surface area contributed by atoms with Crippen LogP contribution < -0.4 is 19.7 Å². The maximum atomic E-state index is 14.4. The van der Waals surface area contributed by atoms with E-state index in [2.05, 4.69) is 43.6 Å². The van der Waals surface area contributed by atoms with Gasteiger partial charge in [0.15, 0.2) is 0 Å². The van der Waals surface area contributed by atoms with E-state index in [0.717, 1.165) is 49.4 Å². The molecule has 2 aromatic carbocycles. The summed E-state index contributed by atoms with van der Waals surface area (Å²) in [5.74, 6) is 0.625. The van der Waals surface area contributed by atoms with Crippen LogP contribution in [-0.2, 0) is 26.5 Å². The summed E-state index contributed by atoms with van der Waals surface area (Å²) < 4.78 is 33.9. The molecule has 3 amide bonds. The fraction of sp³-hybridized carbons (Fsp3) is 0.579. The molecule has 2 heterocycles. The van der Waals surface area contributed by atoms with Gasteiger partial charge >= 0.3 is 6.03 Å². The van der Waals surface area contributed by atoms with Gasteiger partial charge in [0.1, 0.15) is 15.7 Å². The molecule has 2 fully saturated rings. The zero-order chi connectivity index (χ0) is 35.0. The van der Waals surface area contributed by atoms with E-state index in [1.54, 1.807) is 13.2 Å². The molecule has 7 rings (SSSR count). The predicted molar refractivity (Wildman–Crippen MR) is 195 cm³/mol. The predicted octanol–water partition coefficient (Wildman–Crippen LogP) is 6.19. The third kappa shape index (κ3) is 7.43. The highest BCUT2D eigenvalue weighted by Gasteiger charge is 2.44. The zero-order valence-electron chi connectivity index (χ0n) is 28.9. The van der Waals surface area contributed by atoms with Crippen LogP contribution in [0.2, 0.25) is 5.02 Å². The lowest BCUT2D eigenvalue weighted by atomic mass is 9.68. The van der Waals surface area contributed by atoms with E-state index in [0.29, 0.717) is 56.4 Å². The average Bonchev–Trinajstić information content (AvgIpc) is 3.40. The number of carbonyl (C=O) groups excluding carboxylic acids is 2. The number of benzene rings is 2. The zero-order valence-corrected chi connectivity index (χ0v) is 30.5. The minimum Gasteiger partial charge on any atom is -0.490 e. The van der Waals surface area contributed by atoms with Crippen LogP contribution in [0.3, 0.4) is 0 Å². The van der Waals surface area contributed by atoms with E-state index in [9.17, 15) is 18.9 Å². The molecule has 2 aliphatic heterocycles. The molecule has 270 valence electrons. The maximum Gasteiger partial charge on any atom is 0.327 e. The summed E-state index contributed by atoms with van der Waals surface area (Å²) in [6.45, 7) is 3.94. The van der Waals surface area contributed by atoms with Gasteiger partial charge in [-0.2, -0.15) is 0 Å². The van der Waals surface area contributed by atoms with Gasteiger partial charge in [0.2, 0.25) is 0 Å². The molecule has 2 bridgehead atoms. The number of hydrogen-bond donors (Lipinski definition) is 3. The SMILES string of the molecule is CO[C@H]1/C=C/C[C@H](C)CS(=O)(NC(=O)N[C@@H]2CC[C@@H](O)C2)=NC(=O)c2ccc3c(c2)N(C[C@@H]2CC[C@H]21)C[C@@]1(CCCc2cc(Cl)ccc21)CO3. The molecular weight excluding hydrogens is 676 g/mol. The van der Waals surface area contributed by atoms with E-state index < -0.39 is 28.0 Å². The normalized spacial score (nSPS) is 34.6. The summed E-state index contributed by atoms with van der Waals surface area (Å²) in [4.78, 5) is 29.4. The van der Waals surface area contributed by atoms with Crippen LogP contribution in [0.5, 0.6) is 5.75 Å². The number of fused-ring (bicyclic) bond motifs is 4. The monoisotopic (exact) mass is 724 g/mol. The molecule has 1 unspecified atom stereocenters. The number of allylic oxidation sites excluding steroid dienone is 1. The Morgan fingerprint density at radius 1 is 1.18 bits per heavy atom. The summed E-state index contributed by atoms with van der Waals surface area (Å²) >= 11 is 6.45. The molecule has 0 aromatic heterocycles. The molecular formula is C38H49ClN4O6S. The van der Waals surface area contributed by atoms with Crippen LogP contribution >= 0.6 is 11.6 Å². The van der Waals surface area contributed by atoms with E-state index >= 15 is 0 Å². The number of nitrogens with one attached hydrogen (secondary N) is 2. The summed E-state index contributed by atoms with van der Waals surface area (Å²) in [5, 5.41) is 13.5. The lowest BCUT2D eigenvalue weighted by Gasteiger charge is -2.46. The molecule has 50 heavy (non-hydrogen) atoms. The Morgan fingerprint density at radius 3 is 2.80 bits per heavy atom. The smallest absolute Gasteiger partial charge is 0.327 e. The summed E-state index contributed by atoms with van der Waals surface area (Å²) in [5.41, 5.74) is 3.38. The van der Waals surface area contributed by atoms with Crippen molar-refractivity contribution in [2.45, 2.75) is 88.4 Å². The van der Waals surface area contributed by atoms with Crippen molar-refractivity contribution in [2.75, 3.05) is 37.5 Å². The third-order valence-electron chi connectivity index (χ3n) is 11.5. The standard InChI is InChI=1S/C38H49ClN4O6S/c1-24-5-3-7-34(48-2)31-13-8-27(31)20-43-22-38(16-4-6-25-17-28(39)10-14-32(25)38)23-49-35-15-9-26(18-33(35)43)36(45)41-50(47,21-24)42-37(46)40-29-11-12-30(44)19-29/h3,7,9-10,14-15,17-18,24,27,29-31,34,44H,4-6,8,11-13,16,19-23H2,1-2H3,(H2,40,41,42,45,46,47)/b7-3+/t24-,27-,29+,30+,31+,34-,38-,50?/m0/s1. The van der Waals surface area contributed by atoms with Gasteiger partial charge in [-0.25, -0.2) is 9.00 Å². The van der Waals surface area contributed by atoms with Crippen LogP contribution in [0.1, 0.15) is 79.8 Å². The first-order valence-corrected chi connectivity index (χ1v) is 20.1. The first-order chi connectivity index (χ1) is 24.0. The number of methoxy groups -OCH3 is 1. The van der Waals surface area contributed by atoms with Crippen molar-refractivity contribution in [3.63, 3.8) is 0 Å². The molecule has 0 radical (unpaired) electrons. The van der Waals surface area contributed by atoms with Gasteiger partial charge in [-0.15, -0.1) is 4.36 Å². The Kier molecular flexibility index (Phi) is 10.2. The van der Waals surface area contributed by atoms with Gasteiger partial charge in [0.25, 0.3) is 5.91 Å².